The minimum Gasteiger partial charge on any atom is -0.493 e. The first-order chi connectivity index (χ1) is 11.9. The Bertz CT molecular complexity index is 686. The summed E-state index contributed by atoms with van der Waals surface area (Å²) < 4.78 is 20.3. The predicted octanol–water partition coefficient (Wildman–Crippen LogP) is 1.79. The SMILES string of the molecule is CCOC(=O)Cc1cc(OC)c(OC)cc1C(=O)N1C(=O)OC[C@H]1C. The van der Waals surface area contributed by atoms with Crippen molar-refractivity contribution in [2.75, 3.05) is 27.4 Å². The molecule has 8 heteroatoms. The molecule has 1 aliphatic heterocycles. The largest absolute Gasteiger partial charge is 0.493 e. The standard InChI is InChI=1S/C17H21NO7/c1-5-24-15(19)7-11-6-13(22-3)14(23-4)8-12(11)16(20)18-10(2)9-25-17(18)21/h6,8,10H,5,7,9H2,1-4H3/t10-/m1/s1. The quantitative estimate of drug-likeness (QED) is 0.722. The molecule has 1 fully saturated rings. The first kappa shape index (κ1) is 18.6. The first-order valence-electron chi connectivity index (χ1n) is 7.83. The second-order valence-electron chi connectivity index (χ2n) is 5.45. The minimum absolute atomic E-state index is 0.130. The van der Waals surface area contributed by atoms with E-state index < -0.39 is 24.0 Å². The topological polar surface area (TPSA) is 91.4 Å². The van der Waals surface area contributed by atoms with Crippen molar-refractivity contribution in [3.63, 3.8) is 0 Å². The van der Waals surface area contributed by atoms with Gasteiger partial charge in [-0.1, -0.05) is 0 Å². The van der Waals surface area contributed by atoms with Crippen molar-refractivity contribution in [1.82, 2.24) is 4.90 Å². The van der Waals surface area contributed by atoms with E-state index in [0.29, 0.717) is 17.1 Å². The van der Waals surface area contributed by atoms with Crippen molar-refractivity contribution in [1.29, 1.82) is 0 Å². The number of hydrogen-bond donors (Lipinski definition) is 0. The summed E-state index contributed by atoms with van der Waals surface area (Å²) in [5.74, 6) is -0.356. The lowest BCUT2D eigenvalue weighted by Gasteiger charge is -2.19. The molecule has 1 atom stereocenters. The normalized spacial score (nSPS) is 16.4. The van der Waals surface area contributed by atoms with Gasteiger partial charge in [-0.2, -0.15) is 0 Å². The maximum Gasteiger partial charge on any atom is 0.417 e. The van der Waals surface area contributed by atoms with Gasteiger partial charge in [0.15, 0.2) is 11.5 Å². The number of carbonyl (C=O) groups excluding carboxylic acids is 3. The van der Waals surface area contributed by atoms with Gasteiger partial charge in [0, 0.05) is 5.56 Å². The number of benzene rings is 1. The van der Waals surface area contributed by atoms with Gasteiger partial charge in [0.2, 0.25) is 0 Å². The molecule has 1 heterocycles. The Morgan fingerprint density at radius 2 is 1.88 bits per heavy atom. The van der Waals surface area contributed by atoms with E-state index >= 15 is 0 Å². The van der Waals surface area contributed by atoms with E-state index in [0.717, 1.165) is 4.90 Å². The van der Waals surface area contributed by atoms with E-state index in [9.17, 15) is 14.4 Å². The minimum atomic E-state index is -0.714. The Morgan fingerprint density at radius 3 is 2.40 bits per heavy atom. The molecule has 136 valence electrons. The molecular formula is C17H21NO7. The van der Waals surface area contributed by atoms with Crippen LogP contribution >= 0.6 is 0 Å². The molecule has 0 N–H and O–H groups in total. The van der Waals surface area contributed by atoms with Gasteiger partial charge in [-0.15, -0.1) is 0 Å². The van der Waals surface area contributed by atoms with Crippen LogP contribution in [0.2, 0.25) is 0 Å². The summed E-state index contributed by atoms with van der Waals surface area (Å²) in [6.07, 6.45) is -0.846. The Morgan fingerprint density at radius 1 is 1.24 bits per heavy atom. The summed E-state index contributed by atoms with van der Waals surface area (Å²) in [7, 11) is 2.89. The third kappa shape index (κ3) is 3.84. The van der Waals surface area contributed by atoms with Gasteiger partial charge in [0.25, 0.3) is 5.91 Å². The number of amides is 2. The fourth-order valence-corrected chi connectivity index (χ4v) is 2.56. The van der Waals surface area contributed by atoms with Crippen LogP contribution in [0.1, 0.15) is 29.8 Å². The van der Waals surface area contributed by atoms with Crippen LogP contribution in [0, 0.1) is 0 Å². The molecule has 1 aliphatic rings. The molecule has 25 heavy (non-hydrogen) atoms. The third-order valence-electron chi connectivity index (χ3n) is 3.78. The lowest BCUT2D eigenvalue weighted by molar-refractivity contribution is -0.142. The summed E-state index contributed by atoms with van der Waals surface area (Å²) in [5.41, 5.74) is 0.546. The fourth-order valence-electron chi connectivity index (χ4n) is 2.56. The van der Waals surface area contributed by atoms with Gasteiger partial charge in [-0.25, -0.2) is 9.69 Å². The molecule has 2 amide bonds. The number of methoxy groups -OCH3 is 2. The zero-order valence-electron chi connectivity index (χ0n) is 14.7. The van der Waals surface area contributed by atoms with Crippen molar-refractivity contribution in [3.05, 3.63) is 23.3 Å². The number of hydrogen-bond acceptors (Lipinski definition) is 7. The number of ether oxygens (including phenoxy) is 4. The number of imide groups is 1. The van der Waals surface area contributed by atoms with Crippen LogP contribution in [0.4, 0.5) is 4.79 Å². The lowest BCUT2D eigenvalue weighted by atomic mass is 10.0. The molecule has 0 radical (unpaired) electrons. The number of cyclic esters (lactones) is 1. The van der Waals surface area contributed by atoms with Crippen LogP contribution < -0.4 is 9.47 Å². The maximum absolute atomic E-state index is 12.9. The zero-order chi connectivity index (χ0) is 18.6. The molecule has 1 aromatic carbocycles. The van der Waals surface area contributed by atoms with Gasteiger partial charge in [0.1, 0.15) is 6.61 Å². The number of carbonyl (C=O) groups is 3. The highest BCUT2D eigenvalue weighted by molar-refractivity contribution is 6.05. The van der Waals surface area contributed by atoms with E-state index in [1.54, 1.807) is 13.8 Å². The molecule has 8 nitrogen and oxygen atoms in total. The highest BCUT2D eigenvalue weighted by atomic mass is 16.6. The number of esters is 1. The summed E-state index contributed by atoms with van der Waals surface area (Å²) in [4.78, 5) is 37.6. The monoisotopic (exact) mass is 351 g/mol. The summed E-state index contributed by atoms with van der Waals surface area (Å²) in [5, 5.41) is 0. The molecule has 0 saturated carbocycles. The van der Waals surface area contributed by atoms with Gasteiger partial charge in [0.05, 0.1) is 33.3 Å². The molecule has 0 unspecified atom stereocenters. The highest BCUT2D eigenvalue weighted by Gasteiger charge is 2.37. The van der Waals surface area contributed by atoms with E-state index in [2.05, 4.69) is 0 Å². The summed E-state index contributed by atoms with van der Waals surface area (Å²) >= 11 is 0. The van der Waals surface area contributed by atoms with E-state index in [1.165, 1.54) is 26.4 Å². The van der Waals surface area contributed by atoms with Crippen LogP contribution in [-0.2, 0) is 20.7 Å². The Labute approximate surface area is 145 Å². The molecule has 0 spiro atoms. The van der Waals surface area contributed by atoms with Crippen molar-refractivity contribution >= 4 is 18.0 Å². The molecule has 0 aromatic heterocycles. The molecule has 0 bridgehead atoms. The highest BCUT2D eigenvalue weighted by Crippen LogP contribution is 2.32. The van der Waals surface area contributed by atoms with Crippen molar-refractivity contribution in [2.45, 2.75) is 26.3 Å². The summed E-state index contributed by atoms with van der Waals surface area (Å²) in [6, 6.07) is 2.59. The second kappa shape index (κ2) is 7.87. The second-order valence-corrected chi connectivity index (χ2v) is 5.45. The lowest BCUT2D eigenvalue weighted by Crippen LogP contribution is -2.38. The van der Waals surface area contributed by atoms with Gasteiger partial charge < -0.3 is 18.9 Å². The Hall–Kier alpha value is -2.77. The third-order valence-corrected chi connectivity index (χ3v) is 3.78. The maximum atomic E-state index is 12.9. The van der Waals surface area contributed by atoms with Gasteiger partial charge in [-0.3, -0.25) is 9.59 Å². The molecule has 1 aromatic rings. The molecule has 2 rings (SSSR count). The van der Waals surface area contributed by atoms with Crippen molar-refractivity contribution in [3.8, 4) is 11.5 Å². The number of rotatable bonds is 6. The van der Waals surface area contributed by atoms with Crippen molar-refractivity contribution in [2.24, 2.45) is 0 Å². The van der Waals surface area contributed by atoms with E-state index in [-0.39, 0.29) is 25.2 Å². The average molecular weight is 351 g/mol. The summed E-state index contributed by atoms with van der Waals surface area (Å²) in [6.45, 7) is 3.75. The predicted molar refractivity (Wildman–Crippen MR) is 86.9 cm³/mol. The van der Waals surface area contributed by atoms with Crippen LogP contribution in [-0.4, -0.2) is 56.3 Å². The smallest absolute Gasteiger partial charge is 0.417 e. The number of nitrogens with zero attached hydrogens (tertiary/aromatic N) is 1. The Kier molecular flexibility index (Phi) is 5.84. The van der Waals surface area contributed by atoms with E-state index in [4.69, 9.17) is 18.9 Å². The fraction of sp³-hybridized carbons (Fsp3) is 0.471. The molecular weight excluding hydrogens is 330 g/mol. The molecule has 1 saturated heterocycles. The van der Waals surface area contributed by atoms with E-state index in [1.807, 2.05) is 0 Å². The van der Waals surface area contributed by atoms with Crippen LogP contribution in [0.3, 0.4) is 0 Å². The zero-order valence-corrected chi connectivity index (χ0v) is 14.7. The van der Waals surface area contributed by atoms with Gasteiger partial charge >= 0.3 is 12.1 Å². The molecule has 0 aliphatic carbocycles. The Balaban J connectivity index is 2.47. The van der Waals surface area contributed by atoms with Crippen LogP contribution in [0.15, 0.2) is 12.1 Å². The average Bonchev–Trinajstić information content (AvgIpc) is 2.92. The van der Waals surface area contributed by atoms with Gasteiger partial charge in [-0.05, 0) is 31.5 Å². The van der Waals surface area contributed by atoms with Crippen LogP contribution in [0.5, 0.6) is 11.5 Å². The van der Waals surface area contributed by atoms with Crippen molar-refractivity contribution < 1.29 is 33.3 Å². The van der Waals surface area contributed by atoms with Crippen LogP contribution in [0.25, 0.3) is 0 Å². The first-order valence-corrected chi connectivity index (χ1v) is 7.83.